The predicted octanol–water partition coefficient (Wildman–Crippen LogP) is 5.87. The van der Waals surface area contributed by atoms with Gasteiger partial charge in [-0.15, -0.1) is 0 Å². The number of thiocarbonyl (C=S) groups is 1. The molecule has 1 aromatic carbocycles. The molecule has 1 fully saturated rings. The van der Waals surface area contributed by atoms with E-state index in [0.717, 1.165) is 11.3 Å². The number of fused-ring (bicyclic) bond motifs is 4. The molecule has 2 aromatic rings. The van der Waals surface area contributed by atoms with Crippen molar-refractivity contribution in [2.45, 2.75) is 62.3 Å². The van der Waals surface area contributed by atoms with E-state index in [-0.39, 0.29) is 5.54 Å². The monoisotopic (exact) mass is 390 g/mol. The molecular formula is C25H30N2S. The summed E-state index contributed by atoms with van der Waals surface area (Å²) in [7, 11) is 4.49. The van der Waals surface area contributed by atoms with Crippen molar-refractivity contribution >= 4 is 28.0 Å². The maximum absolute atomic E-state index is 5.80. The van der Waals surface area contributed by atoms with Gasteiger partial charge in [0.15, 0.2) is 0 Å². The first-order chi connectivity index (χ1) is 13.6. The molecule has 3 aliphatic carbocycles. The number of aromatic nitrogens is 1. The number of H-pyrrole nitrogens is 1. The summed E-state index contributed by atoms with van der Waals surface area (Å²) in [4.78, 5) is 7.45. The van der Waals surface area contributed by atoms with E-state index in [2.05, 4.69) is 66.5 Å². The van der Waals surface area contributed by atoms with Crippen molar-refractivity contribution in [3.05, 3.63) is 59.3 Å². The second-order valence-corrected chi connectivity index (χ2v) is 9.71. The number of likely N-dealkylation sites (N-methyl/N-ethyl adjacent to an activating group) is 1. The van der Waals surface area contributed by atoms with E-state index in [1.807, 2.05) is 0 Å². The number of hydrogen-bond donors (Lipinski definition) is 1. The van der Waals surface area contributed by atoms with Gasteiger partial charge in [0.25, 0.3) is 0 Å². The number of aryl methyl sites for hydroxylation is 1. The Hall–Kier alpha value is -1.71. The molecular weight excluding hydrogens is 360 g/mol. The van der Waals surface area contributed by atoms with Gasteiger partial charge >= 0.3 is 0 Å². The summed E-state index contributed by atoms with van der Waals surface area (Å²) in [6.45, 7) is 0. The van der Waals surface area contributed by atoms with Gasteiger partial charge in [0.05, 0.1) is 0 Å². The quantitative estimate of drug-likeness (QED) is 0.647. The summed E-state index contributed by atoms with van der Waals surface area (Å²) in [6, 6.07) is 8.87. The van der Waals surface area contributed by atoms with Crippen molar-refractivity contribution in [1.29, 1.82) is 0 Å². The Labute approximate surface area is 173 Å². The minimum Gasteiger partial charge on any atom is -0.358 e. The fraction of sp³-hybridized carbons (Fsp3) is 0.480. The SMILES string of the molecule is CN(C)C1(C2=CC=CCC2=S)CCC2(CCCc3c2[nH]c2ccccc32)CC1. The van der Waals surface area contributed by atoms with Crippen LogP contribution in [0.15, 0.2) is 48.1 Å². The summed E-state index contributed by atoms with van der Waals surface area (Å²) in [5, 5.41) is 1.45. The zero-order valence-electron chi connectivity index (χ0n) is 17.1. The van der Waals surface area contributed by atoms with Crippen LogP contribution in [0.4, 0.5) is 0 Å². The lowest BCUT2D eigenvalue weighted by molar-refractivity contribution is 0.0942. The van der Waals surface area contributed by atoms with Crippen molar-refractivity contribution in [3.8, 4) is 0 Å². The number of nitrogens with zero attached hydrogens (tertiary/aromatic N) is 1. The zero-order valence-corrected chi connectivity index (χ0v) is 17.9. The second kappa shape index (κ2) is 6.67. The lowest BCUT2D eigenvalue weighted by atomic mass is 9.59. The minimum atomic E-state index is 0.0940. The third-order valence-corrected chi connectivity index (χ3v) is 8.21. The average molecular weight is 391 g/mol. The Morgan fingerprint density at radius 2 is 1.82 bits per heavy atom. The molecule has 0 atom stereocenters. The molecule has 3 aliphatic rings. The summed E-state index contributed by atoms with van der Waals surface area (Å²) in [6.07, 6.45) is 16.3. The number of para-hydroxylation sites is 1. The van der Waals surface area contributed by atoms with E-state index in [1.165, 1.54) is 61.4 Å². The van der Waals surface area contributed by atoms with Gasteiger partial charge < -0.3 is 4.98 Å². The predicted molar refractivity (Wildman–Crippen MR) is 122 cm³/mol. The topological polar surface area (TPSA) is 19.0 Å². The van der Waals surface area contributed by atoms with Gasteiger partial charge in [-0.05, 0) is 76.2 Å². The first-order valence-electron chi connectivity index (χ1n) is 10.7. The van der Waals surface area contributed by atoms with E-state index in [0.29, 0.717) is 5.41 Å². The fourth-order valence-electron chi connectivity index (χ4n) is 6.20. The van der Waals surface area contributed by atoms with Crippen molar-refractivity contribution in [2.24, 2.45) is 0 Å². The maximum atomic E-state index is 5.80. The Balaban J connectivity index is 1.53. The van der Waals surface area contributed by atoms with E-state index >= 15 is 0 Å². The highest BCUT2D eigenvalue weighted by Gasteiger charge is 2.49. The molecule has 0 amide bonds. The van der Waals surface area contributed by atoms with Crippen LogP contribution in [0.2, 0.25) is 0 Å². The smallest absolute Gasteiger partial charge is 0.0466 e. The van der Waals surface area contributed by atoms with Gasteiger partial charge in [-0.2, -0.15) is 0 Å². The van der Waals surface area contributed by atoms with Gasteiger partial charge in [0, 0.05) is 38.8 Å². The molecule has 1 saturated carbocycles. The van der Waals surface area contributed by atoms with Gasteiger partial charge in [-0.3, -0.25) is 4.90 Å². The number of rotatable bonds is 2. The third-order valence-electron chi connectivity index (χ3n) is 7.82. The molecule has 1 spiro atoms. The molecule has 146 valence electrons. The molecule has 0 aliphatic heterocycles. The first-order valence-corrected chi connectivity index (χ1v) is 11.1. The van der Waals surface area contributed by atoms with Gasteiger partial charge in [-0.25, -0.2) is 0 Å². The largest absolute Gasteiger partial charge is 0.358 e. The van der Waals surface area contributed by atoms with Crippen LogP contribution in [0.25, 0.3) is 10.9 Å². The Morgan fingerprint density at radius 1 is 1.04 bits per heavy atom. The van der Waals surface area contributed by atoms with Crippen molar-refractivity contribution in [2.75, 3.05) is 14.1 Å². The van der Waals surface area contributed by atoms with E-state index in [9.17, 15) is 0 Å². The molecule has 0 bridgehead atoms. The van der Waals surface area contributed by atoms with Crippen LogP contribution in [0, 0.1) is 0 Å². The fourth-order valence-corrected chi connectivity index (χ4v) is 6.55. The van der Waals surface area contributed by atoms with Gasteiger partial charge in [0.1, 0.15) is 0 Å². The Morgan fingerprint density at radius 3 is 2.57 bits per heavy atom. The van der Waals surface area contributed by atoms with Crippen LogP contribution >= 0.6 is 12.2 Å². The normalized spacial score (nSPS) is 30.1. The highest BCUT2D eigenvalue weighted by Crippen LogP contribution is 2.53. The maximum Gasteiger partial charge on any atom is 0.0466 e. The zero-order chi connectivity index (χ0) is 19.4. The molecule has 0 unspecified atom stereocenters. The first kappa shape index (κ1) is 18.3. The molecule has 28 heavy (non-hydrogen) atoms. The van der Waals surface area contributed by atoms with Crippen molar-refractivity contribution < 1.29 is 0 Å². The molecule has 1 N–H and O–H groups in total. The number of aromatic amines is 1. The molecule has 1 heterocycles. The van der Waals surface area contributed by atoms with Gasteiger partial charge in [-0.1, -0.05) is 48.6 Å². The highest BCUT2D eigenvalue weighted by molar-refractivity contribution is 7.80. The minimum absolute atomic E-state index is 0.0940. The van der Waals surface area contributed by atoms with E-state index < -0.39 is 0 Å². The molecule has 1 aromatic heterocycles. The van der Waals surface area contributed by atoms with Crippen LogP contribution < -0.4 is 0 Å². The van der Waals surface area contributed by atoms with Crippen molar-refractivity contribution in [1.82, 2.24) is 9.88 Å². The van der Waals surface area contributed by atoms with Gasteiger partial charge in [0.2, 0.25) is 0 Å². The lowest BCUT2D eigenvalue weighted by Crippen LogP contribution is -2.53. The molecule has 2 nitrogen and oxygen atoms in total. The van der Waals surface area contributed by atoms with Crippen LogP contribution in [-0.2, 0) is 11.8 Å². The number of nitrogens with one attached hydrogen (secondary N) is 1. The standard InChI is InChI=1S/C25H30N2S/c1-27(2)25(20-10-4-6-12-22(20)28)16-14-24(15-17-25)13-7-9-19-18-8-3-5-11-21(18)26-23(19)24/h3-6,8,10-11,26H,7,9,12-17H2,1-2H3. The summed E-state index contributed by atoms with van der Waals surface area (Å²) in [5.41, 5.74) is 6.27. The Kier molecular flexibility index (Phi) is 4.37. The summed E-state index contributed by atoms with van der Waals surface area (Å²) in [5.74, 6) is 0. The molecule has 0 saturated heterocycles. The van der Waals surface area contributed by atoms with Crippen LogP contribution in [0.1, 0.15) is 56.2 Å². The molecule has 3 heteroatoms. The summed E-state index contributed by atoms with van der Waals surface area (Å²) < 4.78 is 0. The highest BCUT2D eigenvalue weighted by atomic mass is 32.1. The van der Waals surface area contributed by atoms with Crippen LogP contribution in [-0.4, -0.2) is 34.4 Å². The van der Waals surface area contributed by atoms with E-state index in [1.54, 1.807) is 11.3 Å². The second-order valence-electron chi connectivity index (χ2n) is 9.22. The number of allylic oxidation sites excluding steroid dienone is 3. The lowest BCUT2D eigenvalue weighted by Gasteiger charge is -2.52. The average Bonchev–Trinajstić information content (AvgIpc) is 3.10. The number of hydrogen-bond acceptors (Lipinski definition) is 2. The molecule has 0 radical (unpaired) electrons. The van der Waals surface area contributed by atoms with Crippen LogP contribution in [0.5, 0.6) is 0 Å². The number of benzene rings is 1. The molecule has 5 rings (SSSR count). The van der Waals surface area contributed by atoms with Crippen molar-refractivity contribution in [3.63, 3.8) is 0 Å². The van der Waals surface area contributed by atoms with E-state index in [4.69, 9.17) is 12.2 Å². The Bertz CT molecular complexity index is 983. The third kappa shape index (κ3) is 2.59. The van der Waals surface area contributed by atoms with Crippen LogP contribution in [0.3, 0.4) is 0 Å². The summed E-state index contributed by atoms with van der Waals surface area (Å²) >= 11 is 5.80.